The first kappa shape index (κ1) is 13.7. The molecule has 0 radical (unpaired) electrons. The van der Waals surface area contributed by atoms with Crippen molar-refractivity contribution in [3.05, 3.63) is 36.5 Å². The minimum Gasteiger partial charge on any atom is -0.193 e. The Balaban J connectivity index is 3.25. The van der Waals surface area contributed by atoms with Crippen LogP contribution in [0, 0.1) is 11.3 Å². The average Bonchev–Trinajstić information content (AvgIpc) is 2.26. The predicted molar refractivity (Wildman–Crippen MR) is 66.4 cm³/mol. The zero-order valence-electron chi connectivity index (χ0n) is 9.65. The van der Waals surface area contributed by atoms with Crippen molar-refractivity contribution in [2.75, 3.05) is 0 Å². The van der Waals surface area contributed by atoms with Gasteiger partial charge < -0.3 is 0 Å². The molecular formula is C14H21N. The zero-order valence-corrected chi connectivity index (χ0v) is 9.65. The summed E-state index contributed by atoms with van der Waals surface area (Å²) in [6.45, 7) is 2.19. The number of unbranched alkanes of at least 4 members (excludes halogenated alkanes) is 3. The molecule has 0 aliphatic carbocycles. The Morgan fingerprint density at radius 3 is 1.73 bits per heavy atom. The molecule has 0 aromatic heterocycles. The molecule has 0 aliphatic rings. The van der Waals surface area contributed by atoms with Crippen molar-refractivity contribution in [1.82, 2.24) is 0 Å². The predicted octanol–water partition coefficient (Wildman–Crippen LogP) is 4.54. The lowest BCUT2D eigenvalue weighted by atomic mass is 10.2. The molecule has 0 bridgehead atoms. The van der Waals surface area contributed by atoms with Crippen molar-refractivity contribution in [1.29, 1.82) is 5.26 Å². The van der Waals surface area contributed by atoms with E-state index in [1.165, 1.54) is 12.8 Å². The summed E-state index contributed by atoms with van der Waals surface area (Å²) in [7, 11) is 0. The Morgan fingerprint density at radius 1 is 0.800 bits per heavy atom. The molecule has 0 aromatic rings. The fourth-order valence-electron chi connectivity index (χ4n) is 1.16. The van der Waals surface area contributed by atoms with E-state index >= 15 is 0 Å². The Morgan fingerprint density at radius 2 is 1.27 bits per heavy atom. The molecule has 0 N–H and O–H groups in total. The Kier molecular flexibility index (Phi) is 11.6. The highest BCUT2D eigenvalue weighted by Gasteiger charge is 1.78. The Labute approximate surface area is 93.8 Å². The second-order valence-electron chi connectivity index (χ2n) is 3.42. The Bertz CT molecular complexity index is 241. The molecule has 15 heavy (non-hydrogen) atoms. The van der Waals surface area contributed by atoms with Crippen LogP contribution in [0.5, 0.6) is 0 Å². The topological polar surface area (TPSA) is 23.8 Å². The third kappa shape index (κ3) is 12.7. The fraction of sp³-hybridized carbons (Fsp3) is 0.500. The largest absolute Gasteiger partial charge is 0.193 e. The van der Waals surface area contributed by atoms with Crippen molar-refractivity contribution in [2.24, 2.45) is 0 Å². The van der Waals surface area contributed by atoms with E-state index < -0.39 is 0 Å². The lowest BCUT2D eigenvalue weighted by Crippen LogP contribution is -1.68. The number of allylic oxidation sites excluding steroid dienone is 6. The van der Waals surface area contributed by atoms with Crippen LogP contribution >= 0.6 is 0 Å². The van der Waals surface area contributed by atoms with Gasteiger partial charge in [0.15, 0.2) is 0 Å². The standard InChI is InChI=1S/C14H21N/c1-2-3-4-5-6-7-8-9-10-11-12-13-14-15/h4-5,8-9,12-13H,2-3,6-7,10-11H2,1H3/b5-4+,9-8+,13-12+. The van der Waals surface area contributed by atoms with Gasteiger partial charge in [-0.3, -0.25) is 0 Å². The zero-order chi connectivity index (χ0) is 11.2. The van der Waals surface area contributed by atoms with E-state index in [9.17, 15) is 0 Å². The molecule has 82 valence electrons. The molecule has 0 rings (SSSR count). The van der Waals surface area contributed by atoms with Crippen molar-refractivity contribution >= 4 is 0 Å². The van der Waals surface area contributed by atoms with Gasteiger partial charge in [0.05, 0.1) is 6.07 Å². The van der Waals surface area contributed by atoms with Gasteiger partial charge in [-0.25, -0.2) is 0 Å². The van der Waals surface area contributed by atoms with Crippen molar-refractivity contribution < 1.29 is 0 Å². The van der Waals surface area contributed by atoms with Crippen molar-refractivity contribution in [2.45, 2.75) is 45.4 Å². The van der Waals surface area contributed by atoms with Crippen LogP contribution in [0.3, 0.4) is 0 Å². The smallest absolute Gasteiger partial charge is 0.0908 e. The summed E-state index contributed by atoms with van der Waals surface area (Å²) in [4.78, 5) is 0. The van der Waals surface area contributed by atoms with Crippen LogP contribution in [0.1, 0.15) is 45.4 Å². The molecule has 1 heteroatoms. The van der Waals surface area contributed by atoms with E-state index in [1.54, 1.807) is 6.08 Å². The summed E-state index contributed by atoms with van der Waals surface area (Å²) in [6.07, 6.45) is 19.1. The highest BCUT2D eigenvalue weighted by molar-refractivity contribution is 5.02. The number of nitriles is 1. The van der Waals surface area contributed by atoms with Crippen LogP contribution in [-0.2, 0) is 0 Å². The molecule has 0 saturated heterocycles. The minimum atomic E-state index is 0.968. The van der Waals surface area contributed by atoms with Crippen LogP contribution in [0.2, 0.25) is 0 Å². The second-order valence-corrected chi connectivity index (χ2v) is 3.42. The first-order valence-corrected chi connectivity index (χ1v) is 5.76. The number of hydrogen-bond donors (Lipinski definition) is 0. The molecule has 1 nitrogen and oxygen atoms in total. The first-order valence-electron chi connectivity index (χ1n) is 5.76. The molecule has 0 aromatic carbocycles. The minimum absolute atomic E-state index is 0.968. The van der Waals surface area contributed by atoms with Gasteiger partial charge in [0.1, 0.15) is 0 Å². The van der Waals surface area contributed by atoms with E-state index in [2.05, 4.69) is 31.2 Å². The van der Waals surface area contributed by atoms with Crippen molar-refractivity contribution in [3.63, 3.8) is 0 Å². The van der Waals surface area contributed by atoms with E-state index in [-0.39, 0.29) is 0 Å². The number of hydrogen-bond acceptors (Lipinski definition) is 1. The van der Waals surface area contributed by atoms with Crippen LogP contribution in [-0.4, -0.2) is 0 Å². The highest BCUT2D eigenvalue weighted by Crippen LogP contribution is 1.98. The van der Waals surface area contributed by atoms with Gasteiger partial charge >= 0.3 is 0 Å². The van der Waals surface area contributed by atoms with Gasteiger partial charge in [-0.2, -0.15) is 5.26 Å². The lowest BCUT2D eigenvalue weighted by Gasteiger charge is -1.88. The van der Waals surface area contributed by atoms with Gasteiger partial charge in [-0.05, 0) is 32.1 Å². The third-order valence-corrected chi connectivity index (χ3v) is 1.98. The molecule has 0 fully saturated rings. The van der Waals surface area contributed by atoms with Crippen LogP contribution in [0.4, 0.5) is 0 Å². The summed E-state index contributed by atoms with van der Waals surface area (Å²) >= 11 is 0. The molecule has 0 saturated carbocycles. The van der Waals surface area contributed by atoms with Gasteiger partial charge in [0.2, 0.25) is 0 Å². The molecule has 0 atom stereocenters. The maximum absolute atomic E-state index is 8.25. The summed E-state index contributed by atoms with van der Waals surface area (Å²) in [5.41, 5.74) is 0. The van der Waals surface area contributed by atoms with Gasteiger partial charge in [0.25, 0.3) is 0 Å². The van der Waals surface area contributed by atoms with E-state index in [1.807, 2.05) is 12.1 Å². The molecule has 0 aliphatic heterocycles. The SMILES string of the molecule is CCC/C=C/CC/C=C/CC/C=C/C#N. The van der Waals surface area contributed by atoms with E-state index in [0.29, 0.717) is 0 Å². The van der Waals surface area contributed by atoms with Crippen LogP contribution in [0.25, 0.3) is 0 Å². The molecule has 0 amide bonds. The number of rotatable bonds is 8. The van der Waals surface area contributed by atoms with Gasteiger partial charge in [-0.1, -0.05) is 43.7 Å². The van der Waals surface area contributed by atoms with Crippen LogP contribution < -0.4 is 0 Å². The fourth-order valence-corrected chi connectivity index (χ4v) is 1.16. The highest BCUT2D eigenvalue weighted by atomic mass is 14.2. The maximum atomic E-state index is 8.25. The molecule has 0 spiro atoms. The normalized spacial score (nSPS) is 11.7. The monoisotopic (exact) mass is 203 g/mol. The maximum Gasteiger partial charge on any atom is 0.0908 e. The molecular weight excluding hydrogens is 182 g/mol. The second kappa shape index (κ2) is 12.7. The van der Waals surface area contributed by atoms with E-state index in [4.69, 9.17) is 5.26 Å². The van der Waals surface area contributed by atoms with Gasteiger partial charge in [0, 0.05) is 6.08 Å². The average molecular weight is 203 g/mol. The summed E-state index contributed by atoms with van der Waals surface area (Å²) in [5, 5.41) is 8.25. The molecule has 0 heterocycles. The summed E-state index contributed by atoms with van der Waals surface area (Å²) in [6, 6.07) is 1.98. The quantitative estimate of drug-likeness (QED) is 0.323. The lowest BCUT2D eigenvalue weighted by molar-refractivity contribution is 0.941. The Hall–Kier alpha value is -1.29. The van der Waals surface area contributed by atoms with Crippen molar-refractivity contribution in [3.8, 4) is 6.07 Å². The summed E-state index contributed by atoms with van der Waals surface area (Å²) in [5.74, 6) is 0. The van der Waals surface area contributed by atoms with E-state index in [0.717, 1.165) is 25.7 Å². The van der Waals surface area contributed by atoms with Gasteiger partial charge in [-0.15, -0.1) is 0 Å². The first-order chi connectivity index (χ1) is 7.41. The van der Waals surface area contributed by atoms with Crippen LogP contribution in [0.15, 0.2) is 36.5 Å². The number of nitrogens with zero attached hydrogens (tertiary/aromatic N) is 1. The third-order valence-electron chi connectivity index (χ3n) is 1.98. The summed E-state index contributed by atoms with van der Waals surface area (Å²) < 4.78 is 0. The molecule has 0 unspecified atom stereocenters.